The van der Waals surface area contributed by atoms with Crippen molar-refractivity contribution in [1.82, 2.24) is 9.78 Å². The lowest BCUT2D eigenvalue weighted by atomic mass is 9.91. The molecule has 0 bridgehead atoms. The Hall–Kier alpha value is -1.07. The molecule has 0 aromatic carbocycles. The number of nitrogens with one attached hydrogen (secondary N) is 1. The monoisotopic (exact) mass is 288 g/mol. The van der Waals surface area contributed by atoms with Crippen molar-refractivity contribution >= 4 is 24.1 Å². The predicted octanol–water partition coefficient (Wildman–Crippen LogP) is 2.11. The van der Waals surface area contributed by atoms with Crippen LogP contribution in [0.3, 0.4) is 0 Å². The third kappa shape index (κ3) is 5.61. The van der Waals surface area contributed by atoms with Crippen LogP contribution in [0.25, 0.3) is 0 Å². The van der Waals surface area contributed by atoms with Crippen LogP contribution in [0.1, 0.15) is 40.3 Å². The Morgan fingerprint density at radius 1 is 1.37 bits per heavy atom. The average Bonchev–Trinajstić information content (AvgIpc) is 2.41. The van der Waals surface area contributed by atoms with Crippen LogP contribution >= 0.6 is 12.4 Å². The van der Waals surface area contributed by atoms with Gasteiger partial charge in [-0.25, -0.2) is 0 Å². The molecule has 0 radical (unpaired) electrons. The smallest absolute Gasteiger partial charge is 0.245 e. The summed E-state index contributed by atoms with van der Waals surface area (Å²) in [5.41, 5.74) is 5.99. The summed E-state index contributed by atoms with van der Waals surface area (Å²) >= 11 is 0. The van der Waals surface area contributed by atoms with Gasteiger partial charge < -0.3 is 11.1 Å². The molecule has 1 aromatic heterocycles. The number of carbonyl (C=O) groups excluding carboxylic acids is 1. The minimum absolute atomic E-state index is 0. The molecule has 0 aliphatic carbocycles. The molecule has 1 heterocycles. The maximum Gasteiger partial charge on any atom is 0.245 e. The van der Waals surface area contributed by atoms with Crippen LogP contribution in [0.5, 0.6) is 0 Å². The zero-order valence-electron chi connectivity index (χ0n) is 12.6. The largest absolute Gasteiger partial charge is 0.318 e. The van der Waals surface area contributed by atoms with Crippen LogP contribution in [0, 0.1) is 5.41 Å². The van der Waals surface area contributed by atoms with Crippen LogP contribution in [0.15, 0.2) is 6.07 Å². The number of hydrogen-bond donors (Lipinski definition) is 2. The molecule has 5 nitrogen and oxygen atoms in total. The van der Waals surface area contributed by atoms with Gasteiger partial charge in [-0.2, -0.15) is 5.10 Å². The fourth-order valence-electron chi connectivity index (χ4n) is 1.55. The molecule has 1 amide bonds. The van der Waals surface area contributed by atoms with E-state index < -0.39 is 5.54 Å². The van der Waals surface area contributed by atoms with Gasteiger partial charge in [-0.1, -0.05) is 20.8 Å². The summed E-state index contributed by atoms with van der Waals surface area (Å²) in [5.74, 6) is 0.464. The highest BCUT2D eigenvalue weighted by Crippen LogP contribution is 2.21. The highest BCUT2D eigenvalue weighted by atomic mass is 35.5. The van der Waals surface area contributed by atoms with E-state index in [1.807, 2.05) is 13.1 Å². The highest BCUT2D eigenvalue weighted by Gasteiger charge is 2.23. The summed E-state index contributed by atoms with van der Waals surface area (Å²) < 4.78 is 1.67. The molecule has 0 saturated heterocycles. The van der Waals surface area contributed by atoms with Gasteiger partial charge in [-0.15, -0.1) is 12.4 Å². The van der Waals surface area contributed by atoms with Gasteiger partial charge in [-0.3, -0.25) is 9.48 Å². The third-order valence-corrected chi connectivity index (χ3v) is 2.47. The van der Waals surface area contributed by atoms with E-state index in [-0.39, 0.29) is 23.7 Å². The molecule has 1 aromatic rings. The Morgan fingerprint density at radius 2 is 1.89 bits per heavy atom. The molecule has 19 heavy (non-hydrogen) atoms. The first-order valence-electron chi connectivity index (χ1n) is 6.12. The van der Waals surface area contributed by atoms with Gasteiger partial charge in [0.2, 0.25) is 5.91 Å². The normalized spacial score (nSPS) is 11.9. The summed E-state index contributed by atoms with van der Waals surface area (Å²) in [6.45, 7) is 9.82. The zero-order valence-corrected chi connectivity index (χ0v) is 13.4. The fraction of sp³-hybridized carbons (Fsp3) is 0.692. The number of anilines is 1. The Kier molecular flexibility index (Phi) is 5.59. The first-order valence-corrected chi connectivity index (χ1v) is 6.12. The van der Waals surface area contributed by atoms with Gasteiger partial charge in [-0.05, 0) is 25.7 Å². The molecule has 3 N–H and O–H groups in total. The number of halogens is 1. The number of nitrogens with two attached hydrogens (primary N) is 1. The molecule has 110 valence electrons. The van der Waals surface area contributed by atoms with Gasteiger partial charge in [0.1, 0.15) is 5.82 Å². The Morgan fingerprint density at radius 3 is 2.32 bits per heavy atom. The maximum absolute atomic E-state index is 11.8. The van der Waals surface area contributed by atoms with Gasteiger partial charge in [0, 0.05) is 13.1 Å². The number of amides is 1. The molecule has 0 atom stereocenters. The van der Waals surface area contributed by atoms with Crippen LogP contribution < -0.4 is 11.1 Å². The topological polar surface area (TPSA) is 72.9 Å². The Balaban J connectivity index is 0.00000324. The summed E-state index contributed by atoms with van der Waals surface area (Å²) in [6.07, 6.45) is 0.864. The van der Waals surface area contributed by atoms with E-state index in [4.69, 9.17) is 5.73 Å². The molecular weight excluding hydrogens is 264 g/mol. The standard InChI is InChI=1S/C13H24N4O.ClH/c1-12(2,3)8-9-7-10(17(6)16-9)15-11(18)13(4,5)14;/h7H,8,14H2,1-6H3,(H,15,18);1H. The second-order valence-electron chi connectivity index (χ2n) is 6.56. The number of rotatable bonds is 3. The van der Waals surface area contributed by atoms with Gasteiger partial charge >= 0.3 is 0 Å². The van der Waals surface area contributed by atoms with E-state index in [2.05, 4.69) is 31.2 Å². The molecule has 0 spiro atoms. The van der Waals surface area contributed by atoms with E-state index in [1.54, 1.807) is 18.5 Å². The van der Waals surface area contributed by atoms with Gasteiger partial charge in [0.05, 0.1) is 11.2 Å². The van der Waals surface area contributed by atoms with Crippen LogP contribution in [-0.4, -0.2) is 21.2 Å². The zero-order chi connectivity index (χ0) is 14.1. The lowest BCUT2D eigenvalue weighted by Crippen LogP contribution is -2.45. The minimum atomic E-state index is -0.894. The van der Waals surface area contributed by atoms with Crippen molar-refractivity contribution in [3.63, 3.8) is 0 Å². The van der Waals surface area contributed by atoms with E-state index in [0.29, 0.717) is 5.82 Å². The summed E-state index contributed by atoms with van der Waals surface area (Å²) in [6, 6.07) is 1.90. The Labute approximate surface area is 121 Å². The minimum Gasteiger partial charge on any atom is -0.318 e. The SMILES string of the molecule is Cl.Cn1nc(CC(C)(C)C)cc1NC(=O)C(C)(C)N. The van der Waals surface area contributed by atoms with Crippen LogP contribution in [0.4, 0.5) is 5.82 Å². The Bertz CT molecular complexity index is 440. The second-order valence-corrected chi connectivity index (χ2v) is 6.56. The first-order chi connectivity index (χ1) is 7.99. The van der Waals surface area contributed by atoms with E-state index >= 15 is 0 Å². The average molecular weight is 289 g/mol. The first kappa shape index (κ1) is 17.9. The summed E-state index contributed by atoms with van der Waals surface area (Å²) in [4.78, 5) is 11.8. The molecule has 0 saturated carbocycles. The fourth-order valence-corrected chi connectivity index (χ4v) is 1.55. The van der Waals surface area contributed by atoms with Crippen molar-refractivity contribution in [2.45, 2.75) is 46.6 Å². The number of aromatic nitrogens is 2. The number of aryl methyl sites for hydroxylation is 1. The molecule has 0 unspecified atom stereocenters. The highest BCUT2D eigenvalue weighted by molar-refractivity contribution is 5.96. The molecule has 0 aliphatic rings. The quantitative estimate of drug-likeness (QED) is 0.895. The van der Waals surface area contributed by atoms with Crippen LogP contribution in [-0.2, 0) is 18.3 Å². The van der Waals surface area contributed by atoms with Crippen LogP contribution in [0.2, 0.25) is 0 Å². The molecule has 0 aliphatic heterocycles. The van der Waals surface area contributed by atoms with Gasteiger partial charge in [0.25, 0.3) is 0 Å². The maximum atomic E-state index is 11.8. The van der Waals surface area contributed by atoms with Crippen molar-refractivity contribution in [2.75, 3.05) is 5.32 Å². The summed E-state index contributed by atoms with van der Waals surface area (Å²) in [7, 11) is 1.81. The van der Waals surface area contributed by atoms with E-state index in [9.17, 15) is 4.79 Å². The van der Waals surface area contributed by atoms with Crippen molar-refractivity contribution in [2.24, 2.45) is 18.2 Å². The van der Waals surface area contributed by atoms with E-state index in [0.717, 1.165) is 12.1 Å². The third-order valence-electron chi connectivity index (χ3n) is 2.47. The van der Waals surface area contributed by atoms with Crippen molar-refractivity contribution < 1.29 is 4.79 Å². The summed E-state index contributed by atoms with van der Waals surface area (Å²) in [5, 5.41) is 7.19. The molecule has 1 rings (SSSR count). The number of hydrogen-bond acceptors (Lipinski definition) is 3. The predicted molar refractivity (Wildman–Crippen MR) is 80.5 cm³/mol. The molecule has 0 fully saturated rings. The second kappa shape index (κ2) is 5.92. The van der Waals surface area contributed by atoms with Crippen molar-refractivity contribution in [1.29, 1.82) is 0 Å². The lowest BCUT2D eigenvalue weighted by molar-refractivity contribution is -0.120. The van der Waals surface area contributed by atoms with Crippen molar-refractivity contribution in [3.8, 4) is 0 Å². The number of nitrogens with zero attached hydrogens (tertiary/aromatic N) is 2. The lowest BCUT2D eigenvalue weighted by Gasteiger charge is -2.17. The van der Waals surface area contributed by atoms with E-state index in [1.165, 1.54) is 0 Å². The van der Waals surface area contributed by atoms with Crippen molar-refractivity contribution in [3.05, 3.63) is 11.8 Å². The number of carbonyl (C=O) groups is 1. The van der Waals surface area contributed by atoms with Gasteiger partial charge in [0.15, 0.2) is 0 Å². The molecule has 6 heteroatoms. The molecular formula is C13H25ClN4O.